The summed E-state index contributed by atoms with van der Waals surface area (Å²) in [5.74, 6) is 0.471. The number of anilines is 1. The first-order chi connectivity index (χ1) is 5.65. The highest BCUT2D eigenvalue weighted by Crippen LogP contribution is 2.09. The van der Waals surface area contributed by atoms with Crippen LogP contribution in [0.15, 0.2) is 12.1 Å². The molecule has 0 unspecified atom stereocenters. The largest absolute Gasteiger partial charge is 0.384 e. The maximum Gasteiger partial charge on any atom is 0.175 e. The molecule has 0 bridgehead atoms. The van der Waals surface area contributed by atoms with Crippen molar-refractivity contribution in [3.8, 4) is 0 Å². The molecular formula is C8H9BrN2O. The number of halogens is 1. The number of rotatable bonds is 2. The third-order valence-corrected chi connectivity index (χ3v) is 2.04. The Hall–Kier alpha value is -0.900. The molecule has 1 aromatic rings. The zero-order valence-corrected chi connectivity index (χ0v) is 8.26. The van der Waals surface area contributed by atoms with Gasteiger partial charge in [-0.05, 0) is 19.1 Å². The van der Waals surface area contributed by atoms with Gasteiger partial charge in [-0.2, -0.15) is 0 Å². The molecule has 1 rings (SSSR count). The Morgan fingerprint density at radius 1 is 1.67 bits per heavy atom. The highest BCUT2D eigenvalue weighted by Gasteiger charge is 2.07. The van der Waals surface area contributed by atoms with Crippen molar-refractivity contribution in [2.45, 2.75) is 6.92 Å². The number of aryl methyl sites for hydroxylation is 1. The fourth-order valence-corrected chi connectivity index (χ4v) is 1.25. The highest BCUT2D eigenvalue weighted by atomic mass is 79.9. The van der Waals surface area contributed by atoms with E-state index in [1.807, 2.05) is 0 Å². The fraction of sp³-hybridized carbons (Fsp3) is 0.250. The molecular weight excluding hydrogens is 220 g/mol. The zero-order chi connectivity index (χ0) is 9.14. The number of Topliss-reactive ketones (excluding diaryl/α,β-unsaturated/α-hetero) is 1. The van der Waals surface area contributed by atoms with Crippen LogP contribution in [0.2, 0.25) is 0 Å². The lowest BCUT2D eigenvalue weighted by atomic mass is 10.1. The summed E-state index contributed by atoms with van der Waals surface area (Å²) < 4.78 is 0. The predicted molar refractivity (Wildman–Crippen MR) is 51.5 cm³/mol. The second-order valence-electron chi connectivity index (χ2n) is 2.43. The topological polar surface area (TPSA) is 56.0 Å². The van der Waals surface area contributed by atoms with E-state index in [1.54, 1.807) is 19.1 Å². The molecule has 0 aliphatic rings. The maximum absolute atomic E-state index is 11.2. The number of hydrogen-bond donors (Lipinski definition) is 1. The Bertz CT molecular complexity index is 312. The Morgan fingerprint density at radius 3 is 2.83 bits per heavy atom. The fourth-order valence-electron chi connectivity index (χ4n) is 0.947. The van der Waals surface area contributed by atoms with Gasteiger partial charge in [0.1, 0.15) is 5.82 Å². The van der Waals surface area contributed by atoms with Crippen LogP contribution >= 0.6 is 15.9 Å². The number of nitrogens with zero attached hydrogens (tertiary/aromatic N) is 1. The minimum Gasteiger partial charge on any atom is -0.384 e. The first kappa shape index (κ1) is 9.19. The number of ketones is 1. The van der Waals surface area contributed by atoms with Gasteiger partial charge < -0.3 is 5.73 Å². The molecule has 0 fully saturated rings. The van der Waals surface area contributed by atoms with E-state index >= 15 is 0 Å². The number of alkyl halides is 1. The highest BCUT2D eigenvalue weighted by molar-refractivity contribution is 9.09. The van der Waals surface area contributed by atoms with Gasteiger partial charge in [-0.25, -0.2) is 4.98 Å². The molecule has 4 heteroatoms. The summed E-state index contributed by atoms with van der Waals surface area (Å²) in [4.78, 5) is 15.2. The molecule has 0 spiro atoms. The lowest BCUT2D eigenvalue weighted by molar-refractivity contribution is 0.102. The van der Waals surface area contributed by atoms with E-state index in [0.29, 0.717) is 22.4 Å². The van der Waals surface area contributed by atoms with E-state index in [1.165, 1.54) is 0 Å². The number of pyridine rings is 1. The van der Waals surface area contributed by atoms with Crippen LogP contribution in [0.5, 0.6) is 0 Å². The first-order valence-corrected chi connectivity index (χ1v) is 4.59. The number of aromatic nitrogens is 1. The van der Waals surface area contributed by atoms with Crippen molar-refractivity contribution in [2.75, 3.05) is 11.1 Å². The normalized spacial score (nSPS) is 9.83. The third-order valence-electron chi connectivity index (χ3n) is 1.53. The van der Waals surface area contributed by atoms with Crippen LogP contribution in [0.3, 0.4) is 0 Å². The SMILES string of the molecule is Cc1nc(N)ccc1C(=O)CBr. The smallest absolute Gasteiger partial charge is 0.175 e. The van der Waals surface area contributed by atoms with Crippen molar-refractivity contribution in [2.24, 2.45) is 0 Å². The Kier molecular flexibility index (Phi) is 2.81. The molecule has 0 aliphatic heterocycles. The molecule has 0 saturated heterocycles. The molecule has 2 N–H and O–H groups in total. The van der Waals surface area contributed by atoms with E-state index in [9.17, 15) is 4.79 Å². The van der Waals surface area contributed by atoms with E-state index in [-0.39, 0.29) is 5.78 Å². The van der Waals surface area contributed by atoms with Gasteiger partial charge in [0.15, 0.2) is 5.78 Å². The molecule has 0 aliphatic carbocycles. The van der Waals surface area contributed by atoms with Crippen molar-refractivity contribution >= 4 is 27.5 Å². The van der Waals surface area contributed by atoms with Gasteiger partial charge in [-0.1, -0.05) is 15.9 Å². The molecule has 64 valence electrons. The van der Waals surface area contributed by atoms with Crippen LogP contribution in [0.1, 0.15) is 16.1 Å². The summed E-state index contributed by atoms with van der Waals surface area (Å²) in [6, 6.07) is 3.32. The molecule has 0 aromatic carbocycles. The van der Waals surface area contributed by atoms with E-state index in [4.69, 9.17) is 5.73 Å². The van der Waals surface area contributed by atoms with Crippen LogP contribution in [0, 0.1) is 6.92 Å². The van der Waals surface area contributed by atoms with Gasteiger partial charge in [0, 0.05) is 5.56 Å². The zero-order valence-electron chi connectivity index (χ0n) is 6.67. The van der Waals surface area contributed by atoms with Crippen LogP contribution in [0.25, 0.3) is 0 Å². The third kappa shape index (κ3) is 1.82. The maximum atomic E-state index is 11.2. The van der Waals surface area contributed by atoms with Gasteiger partial charge in [-0.3, -0.25) is 4.79 Å². The Labute approximate surface area is 79.1 Å². The molecule has 12 heavy (non-hydrogen) atoms. The number of nitrogens with two attached hydrogens (primary N) is 1. The number of carbonyl (C=O) groups is 1. The second-order valence-corrected chi connectivity index (χ2v) is 2.99. The van der Waals surface area contributed by atoms with Crippen LogP contribution < -0.4 is 5.73 Å². The summed E-state index contributed by atoms with van der Waals surface area (Å²) >= 11 is 3.10. The lowest BCUT2D eigenvalue weighted by Crippen LogP contribution is -2.05. The van der Waals surface area contributed by atoms with E-state index in [0.717, 1.165) is 0 Å². The van der Waals surface area contributed by atoms with Crippen LogP contribution in [0.4, 0.5) is 5.82 Å². The molecule has 0 amide bonds. The summed E-state index contributed by atoms with van der Waals surface area (Å²) in [6.07, 6.45) is 0. The Morgan fingerprint density at radius 2 is 2.33 bits per heavy atom. The summed E-state index contributed by atoms with van der Waals surface area (Å²) in [7, 11) is 0. The van der Waals surface area contributed by atoms with Gasteiger partial charge in [0.05, 0.1) is 11.0 Å². The van der Waals surface area contributed by atoms with E-state index in [2.05, 4.69) is 20.9 Å². The van der Waals surface area contributed by atoms with Crippen LogP contribution in [-0.2, 0) is 0 Å². The quantitative estimate of drug-likeness (QED) is 0.618. The van der Waals surface area contributed by atoms with Crippen molar-refractivity contribution in [1.82, 2.24) is 4.98 Å². The molecule has 1 heterocycles. The van der Waals surface area contributed by atoms with Gasteiger partial charge in [-0.15, -0.1) is 0 Å². The average molecular weight is 229 g/mol. The summed E-state index contributed by atoms with van der Waals surface area (Å²) in [5.41, 5.74) is 6.74. The second kappa shape index (κ2) is 3.67. The molecule has 3 nitrogen and oxygen atoms in total. The standard InChI is InChI=1S/C8H9BrN2O/c1-5-6(7(12)4-9)2-3-8(10)11-5/h2-3H,4H2,1H3,(H2,10,11). The average Bonchev–Trinajstić information content (AvgIpc) is 2.03. The molecule has 0 radical (unpaired) electrons. The van der Waals surface area contributed by atoms with Crippen molar-refractivity contribution in [3.63, 3.8) is 0 Å². The number of hydrogen-bond acceptors (Lipinski definition) is 3. The van der Waals surface area contributed by atoms with Gasteiger partial charge in [0.2, 0.25) is 0 Å². The summed E-state index contributed by atoms with van der Waals surface area (Å²) in [6.45, 7) is 1.77. The molecule has 0 atom stereocenters. The predicted octanol–water partition coefficient (Wildman–Crippen LogP) is 1.55. The monoisotopic (exact) mass is 228 g/mol. The minimum atomic E-state index is 0.0278. The minimum absolute atomic E-state index is 0.0278. The van der Waals surface area contributed by atoms with Gasteiger partial charge >= 0.3 is 0 Å². The van der Waals surface area contributed by atoms with Crippen molar-refractivity contribution < 1.29 is 4.79 Å². The van der Waals surface area contributed by atoms with Gasteiger partial charge in [0.25, 0.3) is 0 Å². The number of carbonyl (C=O) groups excluding carboxylic acids is 1. The van der Waals surface area contributed by atoms with E-state index < -0.39 is 0 Å². The lowest BCUT2D eigenvalue weighted by Gasteiger charge is -2.01. The molecule has 0 saturated carbocycles. The van der Waals surface area contributed by atoms with Crippen LogP contribution in [-0.4, -0.2) is 16.1 Å². The van der Waals surface area contributed by atoms with Crippen molar-refractivity contribution in [3.05, 3.63) is 23.4 Å². The summed E-state index contributed by atoms with van der Waals surface area (Å²) in [5, 5.41) is 0.319. The Balaban J connectivity index is 3.09. The number of nitrogen functional groups attached to an aromatic ring is 1. The van der Waals surface area contributed by atoms with Crippen molar-refractivity contribution in [1.29, 1.82) is 0 Å². The molecule has 1 aromatic heterocycles. The first-order valence-electron chi connectivity index (χ1n) is 3.47.